The molecule has 2 N–H and O–H groups in total. The monoisotopic (exact) mass is 473 g/mol. The number of piperazine rings is 1. The Morgan fingerprint density at radius 1 is 0.971 bits per heavy atom. The number of anilines is 1. The summed E-state index contributed by atoms with van der Waals surface area (Å²) in [5, 5.41) is 7.84. The quantitative estimate of drug-likeness (QED) is 0.336. The predicted molar refractivity (Wildman–Crippen MR) is 138 cm³/mol. The van der Waals surface area contributed by atoms with E-state index in [0.717, 1.165) is 78.7 Å². The van der Waals surface area contributed by atoms with Gasteiger partial charge in [0.2, 0.25) is 5.71 Å². The number of furan rings is 1. The summed E-state index contributed by atoms with van der Waals surface area (Å²) in [6, 6.07) is 18.2. The van der Waals surface area contributed by atoms with E-state index in [1.54, 1.807) is 13.4 Å². The van der Waals surface area contributed by atoms with Crippen LogP contribution in [0.25, 0.3) is 33.6 Å². The van der Waals surface area contributed by atoms with Gasteiger partial charge in [0, 0.05) is 57.5 Å². The zero-order chi connectivity index (χ0) is 23.9. The van der Waals surface area contributed by atoms with E-state index >= 15 is 0 Å². The maximum atomic E-state index is 6.34. The number of hydrogen-bond acceptors (Lipinski definition) is 8. The molecule has 1 aliphatic rings. The van der Waals surface area contributed by atoms with E-state index in [4.69, 9.17) is 13.9 Å². The van der Waals surface area contributed by atoms with Crippen LogP contribution in [0.5, 0.6) is 5.75 Å². The molecule has 0 unspecified atom stereocenters. The molecule has 1 fully saturated rings. The highest BCUT2D eigenvalue weighted by Crippen LogP contribution is 2.42. The standard InChI is InChI=1S/C27H31N5O3/c1-33-17-18-34-22-9-7-21(8-10-22)25-23(20-5-3-2-4-6-20)24-26(30-19-31-27(24)35-25)29-13-16-32-14-11-28-12-15-32/h2-10,19,28H,11-18H2,1H3,(H,29,30,31). The molecule has 0 bridgehead atoms. The summed E-state index contributed by atoms with van der Waals surface area (Å²) in [6.45, 7) is 7.03. The number of nitrogens with zero attached hydrogens (tertiary/aromatic N) is 3. The van der Waals surface area contributed by atoms with Crippen molar-refractivity contribution in [2.45, 2.75) is 0 Å². The van der Waals surface area contributed by atoms with Crippen LogP contribution in [0.15, 0.2) is 65.3 Å². The zero-order valence-corrected chi connectivity index (χ0v) is 20.0. The molecule has 35 heavy (non-hydrogen) atoms. The molecule has 0 saturated carbocycles. The van der Waals surface area contributed by atoms with Crippen LogP contribution in [-0.2, 0) is 4.74 Å². The molecule has 0 atom stereocenters. The molecular formula is C27H31N5O3. The average Bonchev–Trinajstić information content (AvgIpc) is 3.31. The Balaban J connectivity index is 1.48. The maximum absolute atomic E-state index is 6.34. The SMILES string of the molecule is COCCOc1ccc(-c2oc3ncnc(NCCN4CCNCC4)c3c2-c2ccccc2)cc1. The van der Waals surface area contributed by atoms with E-state index in [1.165, 1.54) is 0 Å². The molecule has 0 spiro atoms. The second-order valence-electron chi connectivity index (χ2n) is 8.46. The van der Waals surface area contributed by atoms with Gasteiger partial charge in [-0.1, -0.05) is 30.3 Å². The lowest BCUT2D eigenvalue weighted by atomic mass is 9.99. The number of fused-ring (bicyclic) bond motifs is 1. The molecule has 1 aliphatic heterocycles. The summed E-state index contributed by atoms with van der Waals surface area (Å²) < 4.78 is 17.1. The third kappa shape index (κ3) is 5.45. The Kier molecular flexibility index (Phi) is 7.53. The van der Waals surface area contributed by atoms with E-state index in [-0.39, 0.29) is 0 Å². The molecule has 2 aromatic carbocycles. The van der Waals surface area contributed by atoms with Crippen molar-refractivity contribution in [3.63, 3.8) is 0 Å². The molecule has 1 saturated heterocycles. The van der Waals surface area contributed by atoms with Gasteiger partial charge in [-0.15, -0.1) is 0 Å². The van der Waals surface area contributed by atoms with Gasteiger partial charge in [0.25, 0.3) is 0 Å². The lowest BCUT2D eigenvalue weighted by Gasteiger charge is -2.27. The Morgan fingerprint density at radius 3 is 2.54 bits per heavy atom. The number of benzene rings is 2. The fourth-order valence-electron chi connectivity index (χ4n) is 4.36. The van der Waals surface area contributed by atoms with Crippen molar-refractivity contribution < 1.29 is 13.9 Å². The summed E-state index contributed by atoms with van der Waals surface area (Å²) in [5.41, 5.74) is 3.56. The smallest absolute Gasteiger partial charge is 0.232 e. The molecule has 4 aromatic rings. The summed E-state index contributed by atoms with van der Waals surface area (Å²) in [6.07, 6.45) is 1.56. The number of aromatic nitrogens is 2. The number of rotatable bonds is 10. The topological polar surface area (TPSA) is 84.7 Å². The van der Waals surface area contributed by atoms with Crippen LogP contribution in [0.1, 0.15) is 0 Å². The first-order valence-electron chi connectivity index (χ1n) is 12.1. The summed E-state index contributed by atoms with van der Waals surface area (Å²) in [7, 11) is 1.66. The lowest BCUT2D eigenvalue weighted by molar-refractivity contribution is 0.146. The van der Waals surface area contributed by atoms with Crippen molar-refractivity contribution in [1.82, 2.24) is 20.2 Å². The van der Waals surface area contributed by atoms with Crippen LogP contribution < -0.4 is 15.4 Å². The molecule has 2 aromatic heterocycles. The molecule has 3 heterocycles. The highest BCUT2D eigenvalue weighted by molar-refractivity contribution is 6.05. The molecule has 5 rings (SSSR count). The average molecular weight is 474 g/mol. The van der Waals surface area contributed by atoms with E-state index < -0.39 is 0 Å². The van der Waals surface area contributed by atoms with Gasteiger partial charge in [-0.2, -0.15) is 0 Å². The van der Waals surface area contributed by atoms with Crippen LogP contribution in [0.2, 0.25) is 0 Å². The second-order valence-corrected chi connectivity index (χ2v) is 8.46. The van der Waals surface area contributed by atoms with Crippen LogP contribution in [-0.4, -0.2) is 74.5 Å². The van der Waals surface area contributed by atoms with Gasteiger partial charge in [-0.25, -0.2) is 9.97 Å². The Labute approximate surface area is 205 Å². The van der Waals surface area contributed by atoms with Crippen LogP contribution >= 0.6 is 0 Å². The molecule has 8 heteroatoms. The van der Waals surface area contributed by atoms with Gasteiger partial charge in [0.1, 0.15) is 30.3 Å². The largest absolute Gasteiger partial charge is 0.491 e. The first kappa shape index (κ1) is 23.3. The van der Waals surface area contributed by atoms with Crippen molar-refractivity contribution in [3.8, 4) is 28.2 Å². The third-order valence-electron chi connectivity index (χ3n) is 6.15. The highest BCUT2D eigenvalue weighted by Gasteiger charge is 2.22. The van der Waals surface area contributed by atoms with Crippen molar-refractivity contribution in [1.29, 1.82) is 0 Å². The van der Waals surface area contributed by atoms with E-state index in [9.17, 15) is 0 Å². The molecule has 8 nitrogen and oxygen atoms in total. The Bertz CT molecular complexity index is 1220. The molecule has 0 amide bonds. The predicted octanol–water partition coefficient (Wildman–Crippen LogP) is 3.90. The van der Waals surface area contributed by atoms with Gasteiger partial charge in [-0.3, -0.25) is 4.90 Å². The number of methoxy groups -OCH3 is 1. The summed E-state index contributed by atoms with van der Waals surface area (Å²) in [5.74, 6) is 2.34. The lowest BCUT2D eigenvalue weighted by Crippen LogP contribution is -2.45. The van der Waals surface area contributed by atoms with E-state index in [2.05, 4.69) is 37.6 Å². The third-order valence-corrected chi connectivity index (χ3v) is 6.15. The van der Waals surface area contributed by atoms with Crippen molar-refractivity contribution in [2.75, 3.05) is 64.9 Å². The summed E-state index contributed by atoms with van der Waals surface area (Å²) in [4.78, 5) is 11.5. The minimum Gasteiger partial charge on any atom is -0.491 e. The fourth-order valence-corrected chi connectivity index (χ4v) is 4.36. The van der Waals surface area contributed by atoms with Gasteiger partial charge in [0.15, 0.2) is 0 Å². The first-order chi connectivity index (χ1) is 17.3. The minimum absolute atomic E-state index is 0.508. The van der Waals surface area contributed by atoms with Crippen molar-refractivity contribution in [2.24, 2.45) is 0 Å². The number of nitrogens with one attached hydrogen (secondary N) is 2. The van der Waals surface area contributed by atoms with Gasteiger partial charge < -0.3 is 24.5 Å². The van der Waals surface area contributed by atoms with Crippen LogP contribution in [0, 0.1) is 0 Å². The Hall–Kier alpha value is -3.46. The molecule has 0 aliphatic carbocycles. The van der Waals surface area contributed by atoms with E-state index in [0.29, 0.717) is 18.9 Å². The van der Waals surface area contributed by atoms with Gasteiger partial charge in [0.05, 0.1) is 12.0 Å². The van der Waals surface area contributed by atoms with Crippen molar-refractivity contribution in [3.05, 3.63) is 60.9 Å². The first-order valence-corrected chi connectivity index (χ1v) is 12.1. The highest BCUT2D eigenvalue weighted by atomic mass is 16.5. The molecule has 182 valence electrons. The van der Waals surface area contributed by atoms with Crippen molar-refractivity contribution >= 4 is 16.9 Å². The Morgan fingerprint density at radius 2 is 1.77 bits per heavy atom. The summed E-state index contributed by atoms with van der Waals surface area (Å²) >= 11 is 0. The van der Waals surface area contributed by atoms with Gasteiger partial charge in [-0.05, 0) is 29.8 Å². The van der Waals surface area contributed by atoms with E-state index in [1.807, 2.05) is 42.5 Å². The minimum atomic E-state index is 0.508. The maximum Gasteiger partial charge on any atom is 0.232 e. The molecule has 0 radical (unpaired) electrons. The van der Waals surface area contributed by atoms with Crippen LogP contribution in [0.4, 0.5) is 5.82 Å². The fraction of sp³-hybridized carbons (Fsp3) is 0.333. The molecular weight excluding hydrogens is 442 g/mol. The van der Waals surface area contributed by atoms with Gasteiger partial charge >= 0.3 is 0 Å². The number of hydrogen-bond donors (Lipinski definition) is 2. The normalized spacial score (nSPS) is 14.3. The second kappa shape index (κ2) is 11.3. The number of ether oxygens (including phenoxy) is 2. The zero-order valence-electron chi connectivity index (χ0n) is 20.0. The van der Waals surface area contributed by atoms with Crippen LogP contribution in [0.3, 0.4) is 0 Å².